The zero-order valence-electron chi connectivity index (χ0n) is 10.6. The maximum absolute atomic E-state index is 11.3. The molecular formula is C13H12N2O4S2. The summed E-state index contributed by atoms with van der Waals surface area (Å²) in [5.74, 6) is -0.221. The van der Waals surface area contributed by atoms with Crippen LogP contribution in [0, 0.1) is 0 Å². The van der Waals surface area contributed by atoms with E-state index in [4.69, 9.17) is 5.73 Å². The zero-order valence-corrected chi connectivity index (χ0v) is 12.3. The van der Waals surface area contributed by atoms with Crippen LogP contribution >= 0.6 is 12.2 Å². The van der Waals surface area contributed by atoms with Crippen LogP contribution in [0.25, 0.3) is 11.1 Å². The van der Waals surface area contributed by atoms with Crippen molar-refractivity contribution >= 4 is 33.1 Å². The van der Waals surface area contributed by atoms with Crippen LogP contribution in [0.1, 0.15) is 0 Å². The number of benzene rings is 2. The highest BCUT2D eigenvalue weighted by atomic mass is 32.2. The van der Waals surface area contributed by atoms with Gasteiger partial charge in [-0.3, -0.25) is 4.55 Å². The molecule has 0 aromatic heterocycles. The number of phenolic OH excluding ortho intramolecular Hbond substituents is 1. The van der Waals surface area contributed by atoms with Crippen molar-refractivity contribution in [3.63, 3.8) is 0 Å². The van der Waals surface area contributed by atoms with E-state index in [-0.39, 0.29) is 27.0 Å². The maximum atomic E-state index is 11.3. The number of phenols is 1. The zero-order chi connectivity index (χ0) is 15.6. The molecule has 0 saturated carbocycles. The Bertz CT molecular complexity index is 789. The number of nitrogens with two attached hydrogens (primary N) is 1. The maximum Gasteiger partial charge on any atom is 0.294 e. The molecular weight excluding hydrogens is 312 g/mol. The van der Waals surface area contributed by atoms with E-state index in [1.165, 1.54) is 6.07 Å². The Morgan fingerprint density at radius 2 is 1.81 bits per heavy atom. The number of thiocarbonyl (C=S) groups is 1. The molecule has 0 unspecified atom stereocenters. The Hall–Kier alpha value is -2.16. The fourth-order valence-electron chi connectivity index (χ4n) is 1.82. The average molecular weight is 324 g/mol. The highest BCUT2D eigenvalue weighted by Gasteiger charge is 2.18. The van der Waals surface area contributed by atoms with E-state index in [1.54, 1.807) is 30.3 Å². The highest BCUT2D eigenvalue weighted by Crippen LogP contribution is 2.38. The molecule has 0 aliphatic carbocycles. The first-order chi connectivity index (χ1) is 9.79. The number of hydrogen-bond donors (Lipinski definition) is 4. The lowest BCUT2D eigenvalue weighted by Crippen LogP contribution is -2.19. The highest BCUT2D eigenvalue weighted by molar-refractivity contribution is 7.85. The van der Waals surface area contributed by atoms with Crippen LogP contribution in [0.5, 0.6) is 5.75 Å². The van der Waals surface area contributed by atoms with Crippen molar-refractivity contribution in [3.05, 3.63) is 42.5 Å². The summed E-state index contributed by atoms with van der Waals surface area (Å²) in [5.41, 5.74) is 6.14. The van der Waals surface area contributed by atoms with Gasteiger partial charge in [-0.05, 0) is 29.9 Å². The summed E-state index contributed by atoms with van der Waals surface area (Å²) < 4.78 is 31.9. The van der Waals surface area contributed by atoms with Gasteiger partial charge in [0.2, 0.25) is 0 Å². The summed E-state index contributed by atoms with van der Waals surface area (Å²) in [7, 11) is -4.44. The van der Waals surface area contributed by atoms with Gasteiger partial charge in [0.15, 0.2) is 5.11 Å². The van der Waals surface area contributed by atoms with Crippen molar-refractivity contribution in [2.24, 2.45) is 5.73 Å². The van der Waals surface area contributed by atoms with Gasteiger partial charge in [-0.1, -0.05) is 30.3 Å². The fourth-order valence-corrected chi connectivity index (χ4v) is 2.47. The Kier molecular flexibility index (Phi) is 4.12. The van der Waals surface area contributed by atoms with E-state index < -0.39 is 10.1 Å². The Labute approximate surface area is 127 Å². The van der Waals surface area contributed by atoms with Crippen molar-refractivity contribution in [2.75, 3.05) is 5.32 Å². The van der Waals surface area contributed by atoms with Crippen LogP contribution in [0.4, 0.5) is 5.69 Å². The summed E-state index contributed by atoms with van der Waals surface area (Å²) in [6, 6.07) is 10.8. The third kappa shape index (κ3) is 3.48. The largest absolute Gasteiger partial charge is 0.505 e. The molecule has 0 spiro atoms. The van der Waals surface area contributed by atoms with Gasteiger partial charge in [-0.15, -0.1) is 0 Å². The van der Waals surface area contributed by atoms with Gasteiger partial charge in [-0.25, -0.2) is 0 Å². The predicted octanol–water partition coefficient (Wildman–Crippen LogP) is 1.96. The molecule has 0 radical (unpaired) electrons. The fraction of sp³-hybridized carbons (Fsp3) is 0. The molecule has 2 aromatic carbocycles. The van der Waals surface area contributed by atoms with Crippen molar-refractivity contribution in [1.29, 1.82) is 0 Å². The van der Waals surface area contributed by atoms with Crippen molar-refractivity contribution in [2.45, 2.75) is 4.90 Å². The smallest absolute Gasteiger partial charge is 0.294 e. The van der Waals surface area contributed by atoms with Gasteiger partial charge >= 0.3 is 0 Å². The van der Waals surface area contributed by atoms with Crippen LogP contribution in [0.3, 0.4) is 0 Å². The van der Waals surface area contributed by atoms with Crippen LogP contribution in [-0.4, -0.2) is 23.2 Å². The molecule has 0 aliphatic rings. The van der Waals surface area contributed by atoms with Crippen molar-refractivity contribution in [1.82, 2.24) is 0 Å². The Morgan fingerprint density at radius 1 is 1.19 bits per heavy atom. The lowest BCUT2D eigenvalue weighted by atomic mass is 10.0. The second kappa shape index (κ2) is 5.68. The van der Waals surface area contributed by atoms with Crippen molar-refractivity contribution in [3.8, 4) is 16.9 Å². The molecule has 0 atom stereocenters. The van der Waals surface area contributed by atoms with Gasteiger partial charge in [0, 0.05) is 5.56 Å². The topological polar surface area (TPSA) is 113 Å². The van der Waals surface area contributed by atoms with Crippen LogP contribution < -0.4 is 11.1 Å². The minimum atomic E-state index is -4.44. The van der Waals surface area contributed by atoms with Gasteiger partial charge in [0.1, 0.15) is 5.75 Å². The second-order valence-electron chi connectivity index (χ2n) is 4.20. The van der Waals surface area contributed by atoms with Crippen LogP contribution in [-0.2, 0) is 10.1 Å². The molecule has 0 fully saturated rings. The minimum Gasteiger partial charge on any atom is -0.505 e. The molecule has 0 aliphatic heterocycles. The Morgan fingerprint density at radius 3 is 2.33 bits per heavy atom. The molecule has 110 valence electrons. The van der Waals surface area contributed by atoms with E-state index in [1.807, 2.05) is 0 Å². The SMILES string of the molecule is NC(=S)Nc1cc(S(=O)(=O)O)cc(-c2ccccc2)c1O. The quantitative estimate of drug-likeness (QED) is 0.388. The number of rotatable bonds is 3. The van der Waals surface area contributed by atoms with Gasteiger partial charge in [0.25, 0.3) is 10.1 Å². The molecule has 2 aromatic rings. The minimum absolute atomic E-state index is 0.00326. The normalized spacial score (nSPS) is 11.1. The van der Waals surface area contributed by atoms with E-state index in [9.17, 15) is 18.1 Å². The molecule has 6 nitrogen and oxygen atoms in total. The molecule has 8 heteroatoms. The molecule has 2 rings (SSSR count). The predicted molar refractivity (Wildman–Crippen MR) is 83.8 cm³/mol. The third-order valence-corrected chi connectivity index (χ3v) is 3.66. The third-order valence-electron chi connectivity index (χ3n) is 2.72. The lowest BCUT2D eigenvalue weighted by molar-refractivity contribution is 0.476. The van der Waals surface area contributed by atoms with E-state index >= 15 is 0 Å². The summed E-state index contributed by atoms with van der Waals surface area (Å²) in [5, 5.41) is 12.6. The summed E-state index contributed by atoms with van der Waals surface area (Å²) in [6.45, 7) is 0. The standard InChI is InChI=1S/C13H12N2O4S2/c14-13(20)15-11-7-9(21(17,18)19)6-10(12(11)16)8-4-2-1-3-5-8/h1-7,16H,(H3,14,15,20)(H,17,18,19). The monoisotopic (exact) mass is 324 g/mol. The summed E-state index contributed by atoms with van der Waals surface area (Å²) in [6.07, 6.45) is 0. The Balaban J connectivity index is 2.72. The number of hydrogen-bond acceptors (Lipinski definition) is 4. The average Bonchev–Trinajstić information content (AvgIpc) is 2.40. The molecule has 5 N–H and O–H groups in total. The van der Waals surface area contributed by atoms with Crippen molar-refractivity contribution < 1.29 is 18.1 Å². The van der Waals surface area contributed by atoms with Crippen LogP contribution in [0.2, 0.25) is 0 Å². The first-order valence-corrected chi connectivity index (χ1v) is 7.60. The van der Waals surface area contributed by atoms with Gasteiger partial charge in [0.05, 0.1) is 10.6 Å². The first kappa shape index (κ1) is 15.2. The van der Waals surface area contributed by atoms with Gasteiger partial charge in [-0.2, -0.15) is 8.42 Å². The molecule has 21 heavy (non-hydrogen) atoms. The number of anilines is 1. The first-order valence-electron chi connectivity index (χ1n) is 5.75. The van der Waals surface area contributed by atoms with E-state index in [2.05, 4.69) is 17.5 Å². The van der Waals surface area contributed by atoms with Crippen LogP contribution in [0.15, 0.2) is 47.4 Å². The van der Waals surface area contributed by atoms with Gasteiger partial charge < -0.3 is 16.2 Å². The lowest BCUT2D eigenvalue weighted by Gasteiger charge is -2.13. The summed E-state index contributed by atoms with van der Waals surface area (Å²) in [4.78, 5) is -0.377. The number of aromatic hydroxyl groups is 1. The summed E-state index contributed by atoms with van der Waals surface area (Å²) >= 11 is 4.68. The molecule has 0 heterocycles. The molecule has 0 bridgehead atoms. The second-order valence-corrected chi connectivity index (χ2v) is 6.06. The van der Waals surface area contributed by atoms with E-state index in [0.717, 1.165) is 6.07 Å². The molecule has 0 amide bonds. The van der Waals surface area contributed by atoms with E-state index in [0.29, 0.717) is 5.56 Å². The molecule has 0 saturated heterocycles. The number of nitrogens with one attached hydrogen (secondary N) is 1.